The smallest absolute Gasteiger partial charge is 0.326 e. The highest BCUT2D eigenvalue weighted by Crippen LogP contribution is 2.51. The molecule has 1 aromatic carbocycles. The lowest BCUT2D eigenvalue weighted by Gasteiger charge is -2.26. The molecule has 3 rings (SSSR count). The van der Waals surface area contributed by atoms with Gasteiger partial charge in [0.1, 0.15) is 11.8 Å². The van der Waals surface area contributed by atoms with Gasteiger partial charge >= 0.3 is 5.97 Å². The van der Waals surface area contributed by atoms with Crippen LogP contribution < -0.4 is 9.64 Å². The number of fused-ring (bicyclic) bond motifs is 1. The molecule has 1 aliphatic heterocycles. The first-order valence-electron chi connectivity index (χ1n) is 5.84. The van der Waals surface area contributed by atoms with Crippen molar-refractivity contribution in [2.24, 2.45) is 11.8 Å². The van der Waals surface area contributed by atoms with E-state index in [9.17, 15) is 9.90 Å². The van der Waals surface area contributed by atoms with Crippen LogP contribution in [0.1, 0.15) is 6.42 Å². The van der Waals surface area contributed by atoms with E-state index in [0.717, 1.165) is 24.4 Å². The summed E-state index contributed by atoms with van der Waals surface area (Å²) >= 11 is 0. The average Bonchev–Trinajstić information content (AvgIpc) is 2.99. The molecule has 0 amide bonds. The van der Waals surface area contributed by atoms with Crippen molar-refractivity contribution in [2.45, 2.75) is 12.5 Å². The van der Waals surface area contributed by atoms with E-state index in [1.54, 1.807) is 7.11 Å². The molecule has 4 nitrogen and oxygen atoms in total. The van der Waals surface area contributed by atoms with Gasteiger partial charge in [-0.1, -0.05) is 6.07 Å². The summed E-state index contributed by atoms with van der Waals surface area (Å²) in [5.74, 6) is 0.978. The van der Waals surface area contributed by atoms with Gasteiger partial charge in [0.25, 0.3) is 0 Å². The minimum absolute atomic E-state index is 0.346. The Morgan fingerprint density at radius 2 is 2.35 bits per heavy atom. The number of hydrogen-bond acceptors (Lipinski definition) is 3. The topological polar surface area (TPSA) is 49.8 Å². The highest BCUT2D eigenvalue weighted by Gasteiger charge is 2.55. The monoisotopic (exact) mass is 233 g/mol. The Labute approximate surface area is 99.8 Å². The predicted molar refractivity (Wildman–Crippen MR) is 63.4 cm³/mol. The first-order valence-corrected chi connectivity index (χ1v) is 5.84. The van der Waals surface area contributed by atoms with Crippen molar-refractivity contribution in [2.75, 3.05) is 18.6 Å². The minimum Gasteiger partial charge on any atom is -0.497 e. The second-order valence-electron chi connectivity index (χ2n) is 4.80. The van der Waals surface area contributed by atoms with Crippen molar-refractivity contribution in [1.29, 1.82) is 0 Å². The largest absolute Gasteiger partial charge is 0.497 e. The molecule has 90 valence electrons. The Hall–Kier alpha value is -1.71. The van der Waals surface area contributed by atoms with Crippen LogP contribution in [0.4, 0.5) is 5.69 Å². The molecule has 1 saturated heterocycles. The van der Waals surface area contributed by atoms with Gasteiger partial charge in [0.05, 0.1) is 7.11 Å². The van der Waals surface area contributed by atoms with Crippen LogP contribution >= 0.6 is 0 Å². The Kier molecular flexibility index (Phi) is 2.24. The maximum atomic E-state index is 11.3. The summed E-state index contributed by atoms with van der Waals surface area (Å²) in [6, 6.07) is 7.27. The number of piperidine rings is 1. The van der Waals surface area contributed by atoms with E-state index in [2.05, 4.69) is 0 Å². The lowest BCUT2D eigenvalue weighted by Crippen LogP contribution is -2.39. The van der Waals surface area contributed by atoms with E-state index in [1.807, 2.05) is 29.2 Å². The molecular formula is C13H15NO3. The molecule has 2 fully saturated rings. The van der Waals surface area contributed by atoms with E-state index in [-0.39, 0.29) is 6.04 Å². The van der Waals surface area contributed by atoms with Crippen LogP contribution in [0.25, 0.3) is 0 Å². The number of carboxylic acid groups (broad SMARTS) is 1. The van der Waals surface area contributed by atoms with E-state index in [4.69, 9.17) is 4.74 Å². The molecule has 1 N–H and O–H groups in total. The number of nitrogens with zero attached hydrogens (tertiary/aromatic N) is 1. The van der Waals surface area contributed by atoms with Gasteiger partial charge in [0, 0.05) is 18.3 Å². The third-order valence-electron chi connectivity index (χ3n) is 3.79. The Morgan fingerprint density at radius 1 is 1.53 bits per heavy atom. The first kappa shape index (κ1) is 10.4. The zero-order chi connectivity index (χ0) is 12.0. The van der Waals surface area contributed by atoms with Gasteiger partial charge in [-0.05, 0) is 30.4 Å². The third kappa shape index (κ3) is 1.64. The summed E-state index contributed by atoms with van der Waals surface area (Å²) in [6.45, 7) is 0.856. The number of anilines is 1. The van der Waals surface area contributed by atoms with Crippen LogP contribution in [0.15, 0.2) is 24.3 Å². The van der Waals surface area contributed by atoms with Gasteiger partial charge in [-0.15, -0.1) is 0 Å². The summed E-state index contributed by atoms with van der Waals surface area (Å²) in [4.78, 5) is 13.3. The predicted octanol–water partition coefficient (Wildman–Crippen LogP) is 1.60. The Morgan fingerprint density at radius 3 is 3.06 bits per heavy atom. The number of methoxy groups -OCH3 is 1. The average molecular weight is 233 g/mol. The van der Waals surface area contributed by atoms with Gasteiger partial charge in [-0.25, -0.2) is 4.79 Å². The zero-order valence-corrected chi connectivity index (χ0v) is 9.67. The number of ether oxygens (including phenoxy) is 1. The zero-order valence-electron chi connectivity index (χ0n) is 9.67. The second-order valence-corrected chi connectivity index (χ2v) is 4.80. The number of hydrogen-bond donors (Lipinski definition) is 1. The van der Waals surface area contributed by atoms with Gasteiger partial charge in [-0.3, -0.25) is 0 Å². The second kappa shape index (κ2) is 3.65. The molecule has 1 aliphatic carbocycles. The van der Waals surface area contributed by atoms with E-state index >= 15 is 0 Å². The van der Waals surface area contributed by atoms with Crippen LogP contribution in [-0.4, -0.2) is 30.8 Å². The highest BCUT2D eigenvalue weighted by molar-refractivity contribution is 5.80. The number of carbonyl (C=O) groups is 1. The molecule has 1 aromatic rings. The molecule has 0 radical (unpaired) electrons. The van der Waals surface area contributed by atoms with Crippen LogP contribution in [0.2, 0.25) is 0 Å². The maximum absolute atomic E-state index is 11.3. The summed E-state index contributed by atoms with van der Waals surface area (Å²) in [5.41, 5.74) is 0.948. The van der Waals surface area contributed by atoms with Crippen molar-refractivity contribution in [1.82, 2.24) is 0 Å². The van der Waals surface area contributed by atoms with Gasteiger partial charge in [-0.2, -0.15) is 0 Å². The Bertz CT molecular complexity index is 460. The molecule has 3 atom stereocenters. The molecule has 4 heteroatoms. The van der Waals surface area contributed by atoms with E-state index in [0.29, 0.717) is 11.8 Å². The highest BCUT2D eigenvalue weighted by atomic mass is 16.5. The molecule has 17 heavy (non-hydrogen) atoms. The molecule has 0 spiro atoms. The number of rotatable bonds is 3. The standard InChI is InChI=1S/C13H15NO3/c1-17-10-4-2-3-9(6-10)14-7-8-5-11(8)12(14)13(15)16/h2-4,6,8,11-12H,5,7H2,1H3,(H,15,16). The SMILES string of the molecule is COc1cccc(N2CC3CC3C2C(=O)O)c1. The maximum Gasteiger partial charge on any atom is 0.326 e. The van der Waals surface area contributed by atoms with Gasteiger partial charge in [0.2, 0.25) is 0 Å². The molecule has 0 aromatic heterocycles. The van der Waals surface area contributed by atoms with Gasteiger partial charge < -0.3 is 14.7 Å². The summed E-state index contributed by atoms with van der Waals surface area (Å²) in [7, 11) is 1.62. The molecule has 1 heterocycles. The fourth-order valence-electron chi connectivity index (χ4n) is 2.84. The summed E-state index contributed by atoms with van der Waals surface area (Å²) < 4.78 is 5.17. The van der Waals surface area contributed by atoms with Crippen molar-refractivity contribution < 1.29 is 14.6 Å². The minimum atomic E-state index is -0.710. The van der Waals surface area contributed by atoms with Crippen molar-refractivity contribution in [3.63, 3.8) is 0 Å². The fraction of sp³-hybridized carbons (Fsp3) is 0.462. The Balaban J connectivity index is 1.90. The van der Waals surface area contributed by atoms with Crippen LogP contribution in [0.3, 0.4) is 0 Å². The third-order valence-corrected chi connectivity index (χ3v) is 3.79. The number of benzene rings is 1. The molecule has 1 saturated carbocycles. The van der Waals surface area contributed by atoms with Crippen LogP contribution in [0.5, 0.6) is 5.75 Å². The normalized spacial score (nSPS) is 29.9. The van der Waals surface area contributed by atoms with Crippen LogP contribution in [-0.2, 0) is 4.79 Å². The van der Waals surface area contributed by atoms with Crippen molar-refractivity contribution >= 4 is 11.7 Å². The van der Waals surface area contributed by atoms with Crippen molar-refractivity contribution in [3.8, 4) is 5.75 Å². The lowest BCUT2D eigenvalue weighted by atomic mass is 10.1. The van der Waals surface area contributed by atoms with Crippen molar-refractivity contribution in [3.05, 3.63) is 24.3 Å². The fourth-order valence-corrected chi connectivity index (χ4v) is 2.84. The molecule has 0 bridgehead atoms. The summed E-state index contributed by atoms with van der Waals surface area (Å²) in [6.07, 6.45) is 1.07. The number of aliphatic carboxylic acids is 1. The van der Waals surface area contributed by atoms with Gasteiger partial charge in [0.15, 0.2) is 0 Å². The molecule has 3 unspecified atom stereocenters. The first-order chi connectivity index (χ1) is 8.20. The quantitative estimate of drug-likeness (QED) is 0.861. The molecule has 2 aliphatic rings. The lowest BCUT2D eigenvalue weighted by molar-refractivity contribution is -0.138. The van der Waals surface area contributed by atoms with E-state index in [1.165, 1.54) is 0 Å². The van der Waals surface area contributed by atoms with E-state index < -0.39 is 5.97 Å². The van der Waals surface area contributed by atoms with Crippen LogP contribution in [0, 0.1) is 11.8 Å². The molecular weight excluding hydrogens is 218 g/mol. The number of carboxylic acids is 1. The summed E-state index contributed by atoms with van der Waals surface area (Å²) in [5, 5.41) is 9.30.